The molecular formula is C17H15F3N4O3. The molecule has 2 amide bonds. The minimum atomic E-state index is -4.79. The van der Waals surface area contributed by atoms with Crippen LogP contribution < -0.4 is 21.3 Å². The van der Waals surface area contributed by atoms with Crippen LogP contribution in [-0.4, -0.2) is 23.2 Å². The lowest BCUT2D eigenvalue weighted by molar-refractivity contribution is -0.274. The molecule has 1 aliphatic carbocycles. The third-order valence-electron chi connectivity index (χ3n) is 3.81. The highest BCUT2D eigenvalue weighted by atomic mass is 19.4. The third-order valence-corrected chi connectivity index (χ3v) is 3.81. The lowest BCUT2D eigenvalue weighted by atomic mass is 10.1. The van der Waals surface area contributed by atoms with E-state index in [9.17, 15) is 22.8 Å². The van der Waals surface area contributed by atoms with Crippen molar-refractivity contribution in [2.75, 3.05) is 5.32 Å². The zero-order chi connectivity index (χ0) is 19.6. The minimum Gasteiger partial charge on any atom is -0.406 e. The second kappa shape index (κ2) is 7.23. The van der Waals surface area contributed by atoms with Gasteiger partial charge in [0.05, 0.1) is 0 Å². The average molecular weight is 380 g/mol. The molecule has 0 atom stereocenters. The fourth-order valence-corrected chi connectivity index (χ4v) is 2.37. The summed E-state index contributed by atoms with van der Waals surface area (Å²) in [5.41, 5.74) is 2.87. The van der Waals surface area contributed by atoms with E-state index in [1.54, 1.807) is 0 Å². The standard InChI is InChI=1S/C17H15F3N4O3/c18-17(19,20)27-12-5-3-9(4-6-12)11-7-13(16(26)24-21)22-14(8-11)23-15(25)10-1-2-10/h3-8,10H,1-2,21H2,(H,24,26)(H,22,23,25). The van der Waals surface area contributed by atoms with Gasteiger partial charge in [-0.3, -0.25) is 15.0 Å². The minimum absolute atomic E-state index is 0.0447. The molecule has 4 N–H and O–H groups in total. The summed E-state index contributed by atoms with van der Waals surface area (Å²) in [4.78, 5) is 27.8. The predicted molar refractivity (Wildman–Crippen MR) is 89.4 cm³/mol. The number of amides is 2. The topological polar surface area (TPSA) is 106 Å². The molecule has 1 heterocycles. The molecule has 0 spiro atoms. The highest BCUT2D eigenvalue weighted by molar-refractivity contribution is 5.97. The van der Waals surface area contributed by atoms with Crippen LogP contribution in [0.1, 0.15) is 23.3 Å². The molecule has 3 rings (SSSR count). The lowest BCUT2D eigenvalue weighted by Crippen LogP contribution is -2.31. The zero-order valence-corrected chi connectivity index (χ0v) is 13.8. The van der Waals surface area contributed by atoms with Crippen molar-refractivity contribution >= 4 is 17.6 Å². The SMILES string of the molecule is NNC(=O)c1cc(-c2ccc(OC(F)(F)F)cc2)cc(NC(=O)C2CC2)n1. The van der Waals surface area contributed by atoms with E-state index in [2.05, 4.69) is 15.0 Å². The van der Waals surface area contributed by atoms with Gasteiger partial charge in [-0.15, -0.1) is 13.2 Å². The summed E-state index contributed by atoms with van der Waals surface area (Å²) in [6, 6.07) is 8.02. The van der Waals surface area contributed by atoms with Crippen molar-refractivity contribution in [3.63, 3.8) is 0 Å². The summed E-state index contributed by atoms with van der Waals surface area (Å²) in [5.74, 6) is 3.97. The average Bonchev–Trinajstić information content (AvgIpc) is 3.45. The van der Waals surface area contributed by atoms with Gasteiger partial charge in [0.2, 0.25) is 5.91 Å². The smallest absolute Gasteiger partial charge is 0.406 e. The van der Waals surface area contributed by atoms with Gasteiger partial charge < -0.3 is 10.1 Å². The van der Waals surface area contributed by atoms with Crippen molar-refractivity contribution in [1.29, 1.82) is 0 Å². The Labute approximate surface area is 151 Å². The number of alkyl halides is 3. The van der Waals surface area contributed by atoms with Crippen LogP contribution in [0.2, 0.25) is 0 Å². The maximum Gasteiger partial charge on any atom is 0.573 e. The molecule has 1 aliphatic rings. The number of hydrazine groups is 1. The number of nitrogens with one attached hydrogen (secondary N) is 2. The van der Waals surface area contributed by atoms with E-state index in [1.165, 1.54) is 24.3 Å². The molecule has 1 fully saturated rings. The fourth-order valence-electron chi connectivity index (χ4n) is 2.37. The Balaban J connectivity index is 1.90. The number of pyridine rings is 1. The molecule has 0 aliphatic heterocycles. The van der Waals surface area contributed by atoms with Crippen molar-refractivity contribution in [3.8, 4) is 16.9 Å². The number of nitrogens with zero attached hydrogens (tertiary/aromatic N) is 1. The summed E-state index contributed by atoms with van der Waals surface area (Å²) >= 11 is 0. The first-order chi connectivity index (χ1) is 12.7. The second-order valence-corrected chi connectivity index (χ2v) is 5.94. The van der Waals surface area contributed by atoms with Crippen LogP contribution in [0.5, 0.6) is 5.75 Å². The Morgan fingerprint density at radius 3 is 2.33 bits per heavy atom. The van der Waals surface area contributed by atoms with E-state index >= 15 is 0 Å². The molecule has 1 saturated carbocycles. The quantitative estimate of drug-likeness (QED) is 0.420. The van der Waals surface area contributed by atoms with E-state index in [1.807, 2.05) is 5.43 Å². The monoisotopic (exact) mass is 380 g/mol. The van der Waals surface area contributed by atoms with Gasteiger partial charge in [-0.2, -0.15) is 0 Å². The number of nitrogen functional groups attached to an aromatic ring is 1. The first-order valence-electron chi connectivity index (χ1n) is 7.95. The molecule has 0 unspecified atom stereocenters. The van der Waals surface area contributed by atoms with Gasteiger partial charge in [0.15, 0.2) is 0 Å². The van der Waals surface area contributed by atoms with E-state index < -0.39 is 12.3 Å². The number of nitrogens with two attached hydrogens (primary N) is 1. The van der Waals surface area contributed by atoms with E-state index in [4.69, 9.17) is 5.84 Å². The van der Waals surface area contributed by atoms with E-state index in [0.717, 1.165) is 25.0 Å². The molecule has 0 bridgehead atoms. The molecule has 1 aromatic heterocycles. The Hall–Kier alpha value is -3.14. The number of carbonyl (C=O) groups excluding carboxylic acids is 2. The van der Waals surface area contributed by atoms with E-state index in [-0.39, 0.29) is 29.1 Å². The Kier molecular flexibility index (Phi) is 5.00. The highest BCUT2D eigenvalue weighted by Crippen LogP contribution is 2.31. The van der Waals surface area contributed by atoms with E-state index in [0.29, 0.717) is 11.1 Å². The number of ether oxygens (including phenoxy) is 1. The number of hydrogen-bond acceptors (Lipinski definition) is 5. The van der Waals surface area contributed by atoms with Gasteiger partial charge in [0.1, 0.15) is 17.3 Å². The molecule has 10 heteroatoms. The van der Waals surface area contributed by atoms with Crippen molar-refractivity contribution in [3.05, 3.63) is 42.1 Å². The van der Waals surface area contributed by atoms with Crippen LogP contribution in [0.4, 0.5) is 19.0 Å². The van der Waals surface area contributed by atoms with Crippen LogP contribution in [-0.2, 0) is 4.79 Å². The predicted octanol–water partition coefficient (Wildman–Crippen LogP) is 2.60. The van der Waals surface area contributed by atoms with Gasteiger partial charge in [-0.1, -0.05) is 12.1 Å². The Morgan fingerprint density at radius 2 is 1.78 bits per heavy atom. The first-order valence-corrected chi connectivity index (χ1v) is 7.95. The van der Waals surface area contributed by atoms with Crippen molar-refractivity contribution in [1.82, 2.24) is 10.4 Å². The zero-order valence-electron chi connectivity index (χ0n) is 13.8. The second-order valence-electron chi connectivity index (χ2n) is 5.94. The van der Waals surface area contributed by atoms with Gasteiger partial charge in [-0.25, -0.2) is 10.8 Å². The lowest BCUT2D eigenvalue weighted by Gasteiger charge is -2.11. The maximum absolute atomic E-state index is 12.3. The van der Waals surface area contributed by atoms with Gasteiger partial charge in [0.25, 0.3) is 5.91 Å². The molecular weight excluding hydrogens is 365 g/mol. The number of anilines is 1. The van der Waals surface area contributed by atoms with Crippen LogP contribution in [0.3, 0.4) is 0 Å². The molecule has 2 aromatic rings. The molecule has 0 radical (unpaired) electrons. The fraction of sp³-hybridized carbons (Fsp3) is 0.235. The van der Waals surface area contributed by atoms with Crippen LogP contribution in [0.25, 0.3) is 11.1 Å². The largest absolute Gasteiger partial charge is 0.573 e. The Bertz CT molecular complexity index is 865. The van der Waals surface area contributed by atoms with Gasteiger partial charge in [-0.05, 0) is 48.2 Å². The van der Waals surface area contributed by atoms with Gasteiger partial charge >= 0.3 is 6.36 Å². The summed E-state index contributed by atoms with van der Waals surface area (Å²) in [5, 5.41) is 2.63. The molecule has 0 saturated heterocycles. The maximum atomic E-state index is 12.3. The van der Waals surface area contributed by atoms with Crippen LogP contribution in [0, 0.1) is 5.92 Å². The summed E-state index contributed by atoms with van der Waals surface area (Å²) in [6.45, 7) is 0. The highest BCUT2D eigenvalue weighted by Gasteiger charge is 2.31. The molecule has 142 valence electrons. The Morgan fingerprint density at radius 1 is 1.11 bits per heavy atom. The first kappa shape index (κ1) is 18.6. The summed E-state index contributed by atoms with van der Waals surface area (Å²) in [7, 11) is 0. The van der Waals surface area contributed by atoms with Gasteiger partial charge in [0, 0.05) is 5.92 Å². The summed E-state index contributed by atoms with van der Waals surface area (Å²) in [6.07, 6.45) is -3.20. The number of benzene rings is 1. The normalized spacial score (nSPS) is 13.8. The van der Waals surface area contributed by atoms with Crippen molar-refractivity contribution in [2.24, 2.45) is 11.8 Å². The number of hydrogen-bond donors (Lipinski definition) is 3. The third kappa shape index (κ3) is 4.94. The summed E-state index contributed by atoms with van der Waals surface area (Å²) < 4.78 is 40.6. The number of aromatic nitrogens is 1. The van der Waals surface area contributed by atoms with Crippen molar-refractivity contribution in [2.45, 2.75) is 19.2 Å². The van der Waals surface area contributed by atoms with Crippen molar-refractivity contribution < 1.29 is 27.5 Å². The number of rotatable bonds is 5. The number of halogens is 3. The van der Waals surface area contributed by atoms with Crippen LogP contribution in [0.15, 0.2) is 36.4 Å². The van der Waals surface area contributed by atoms with Crippen LogP contribution >= 0.6 is 0 Å². The molecule has 7 nitrogen and oxygen atoms in total. The molecule has 27 heavy (non-hydrogen) atoms. The molecule has 1 aromatic carbocycles. The number of carbonyl (C=O) groups is 2.